The second-order valence-electron chi connectivity index (χ2n) is 16.4. The highest BCUT2D eigenvalue weighted by molar-refractivity contribution is 5.70. The number of aliphatic hydroxyl groups is 3. The fraction of sp³-hybridized carbons (Fsp3) is 0.689. The summed E-state index contributed by atoms with van der Waals surface area (Å²) in [5.74, 6) is 1.98. The Balaban J connectivity index is 0.000000228. The first-order valence-electron chi connectivity index (χ1n) is 21.1. The molecule has 15 nitrogen and oxygen atoms in total. The van der Waals surface area contributed by atoms with Crippen molar-refractivity contribution in [1.29, 1.82) is 0 Å². The van der Waals surface area contributed by atoms with E-state index in [1.165, 1.54) is 14.2 Å². The number of ether oxygens (including phenoxy) is 10. The van der Waals surface area contributed by atoms with Crippen molar-refractivity contribution in [1.82, 2.24) is 0 Å². The first-order chi connectivity index (χ1) is 28.8. The molecule has 15 heteroatoms. The van der Waals surface area contributed by atoms with Gasteiger partial charge in [0.25, 0.3) is 0 Å². The van der Waals surface area contributed by atoms with Gasteiger partial charge in [0.15, 0.2) is 0 Å². The number of carbonyl (C=O) groups excluding carboxylic acids is 2. The molecule has 4 saturated heterocycles. The monoisotopic (exact) mass is 846 g/mol. The molecule has 0 spiro atoms. The van der Waals surface area contributed by atoms with Crippen molar-refractivity contribution in [2.75, 3.05) is 41.7 Å². The second kappa shape index (κ2) is 23.2. The third-order valence-electron chi connectivity index (χ3n) is 12.2. The quantitative estimate of drug-likeness (QED) is 0.204. The van der Waals surface area contributed by atoms with Crippen LogP contribution in [-0.4, -0.2) is 136 Å². The van der Waals surface area contributed by atoms with Gasteiger partial charge in [-0.3, -0.25) is 9.59 Å². The van der Waals surface area contributed by atoms with Crippen LogP contribution in [0.5, 0.6) is 11.5 Å². The minimum absolute atomic E-state index is 0.0343. The van der Waals surface area contributed by atoms with Crippen LogP contribution in [0.15, 0.2) is 48.5 Å². The van der Waals surface area contributed by atoms with E-state index in [1.54, 1.807) is 14.2 Å². The Hall–Kier alpha value is -3.38. The van der Waals surface area contributed by atoms with Gasteiger partial charge in [-0.25, -0.2) is 0 Å². The fourth-order valence-electron chi connectivity index (χ4n) is 8.54. The molecule has 0 saturated carbocycles. The van der Waals surface area contributed by atoms with Gasteiger partial charge >= 0.3 is 11.9 Å². The summed E-state index contributed by atoms with van der Waals surface area (Å²) in [6, 6.07) is 15.3. The topological polar surface area (TPSA) is 187 Å². The van der Waals surface area contributed by atoms with Crippen molar-refractivity contribution < 1.29 is 72.3 Å². The molecular formula is C45H66O15. The van der Waals surface area contributed by atoms with Gasteiger partial charge in [0, 0.05) is 5.92 Å². The summed E-state index contributed by atoms with van der Waals surface area (Å²) < 4.78 is 55.7. The Bertz CT molecular complexity index is 1470. The van der Waals surface area contributed by atoms with Crippen molar-refractivity contribution in [2.24, 2.45) is 17.8 Å². The van der Waals surface area contributed by atoms with Crippen molar-refractivity contribution in [3.63, 3.8) is 0 Å². The van der Waals surface area contributed by atoms with Gasteiger partial charge in [-0.15, -0.1) is 0 Å². The van der Waals surface area contributed by atoms with Gasteiger partial charge in [-0.1, -0.05) is 45.0 Å². The zero-order valence-corrected chi connectivity index (χ0v) is 36.0. The van der Waals surface area contributed by atoms with E-state index in [4.69, 9.17) is 42.6 Å². The largest absolute Gasteiger partial charge is 0.497 e. The maximum Gasteiger partial charge on any atom is 0.308 e. The van der Waals surface area contributed by atoms with E-state index in [0.29, 0.717) is 44.3 Å². The Morgan fingerprint density at radius 2 is 1.10 bits per heavy atom. The van der Waals surface area contributed by atoms with Crippen LogP contribution in [-0.2, 0) is 60.7 Å². The van der Waals surface area contributed by atoms with Crippen molar-refractivity contribution in [2.45, 2.75) is 140 Å². The summed E-state index contributed by atoms with van der Waals surface area (Å²) in [5.41, 5.74) is 2.04. The molecular weight excluding hydrogens is 780 g/mol. The molecule has 3 N–H and O–H groups in total. The van der Waals surface area contributed by atoms with Crippen molar-refractivity contribution >= 4 is 11.9 Å². The lowest BCUT2D eigenvalue weighted by Gasteiger charge is -2.50. The number of carbonyl (C=O) groups is 2. The molecule has 4 heterocycles. The fourth-order valence-corrected chi connectivity index (χ4v) is 8.54. The predicted molar refractivity (Wildman–Crippen MR) is 217 cm³/mol. The molecule has 4 aliphatic heterocycles. The normalized spacial score (nSPS) is 32.2. The van der Waals surface area contributed by atoms with E-state index in [2.05, 4.69) is 25.5 Å². The molecule has 2 aromatic rings. The molecule has 0 radical (unpaired) electrons. The molecule has 2 aromatic carbocycles. The lowest BCUT2D eigenvalue weighted by Crippen LogP contribution is -2.63. The van der Waals surface area contributed by atoms with Crippen LogP contribution in [0.3, 0.4) is 0 Å². The van der Waals surface area contributed by atoms with Gasteiger partial charge in [0.1, 0.15) is 42.0 Å². The smallest absolute Gasteiger partial charge is 0.308 e. The summed E-state index contributed by atoms with van der Waals surface area (Å²) >= 11 is 0. The standard InChI is InChI=1S/C24H36O6.C21H30O9/c1-15(13-28-14-18-6-8-19(26-4)9-7-18)23-16(2)17(3)24-21(30-23)11-10-20(29-24)12-22(25)27-5;1-26-13-5-3-12(4-6-13)10-28-11-15(22)20-18(24)19(25)21-16(30-20)8-7-14(29-21)9-17(23)27-2/h6-9,15-17,20-21,23-24H,10-14H2,1-5H3;3-6,14-16,18-22,24-25H,7-11H2,1-2H3/t15-,16-,17+,20+,21-,23-,24+;14-,15+,16+,18+,19-,20+,21+/m01/s1. The first-order valence-corrected chi connectivity index (χ1v) is 21.1. The highest BCUT2D eigenvalue weighted by Crippen LogP contribution is 2.41. The molecule has 14 atom stereocenters. The van der Waals surface area contributed by atoms with Gasteiger partial charge in [0.2, 0.25) is 0 Å². The number of fused-ring (bicyclic) bond motifs is 2. The number of methoxy groups -OCH3 is 4. The summed E-state index contributed by atoms with van der Waals surface area (Å²) in [5, 5.41) is 31.5. The van der Waals surface area contributed by atoms with Crippen LogP contribution in [0.2, 0.25) is 0 Å². The molecule has 4 fully saturated rings. The predicted octanol–water partition coefficient (Wildman–Crippen LogP) is 4.17. The van der Waals surface area contributed by atoms with E-state index in [-0.39, 0.29) is 55.9 Å². The third kappa shape index (κ3) is 12.8. The maximum absolute atomic E-state index is 11.6. The van der Waals surface area contributed by atoms with Gasteiger partial charge in [-0.2, -0.15) is 0 Å². The molecule has 0 unspecified atom stereocenters. The average molecular weight is 847 g/mol. The second-order valence-corrected chi connectivity index (χ2v) is 16.4. The molecule has 0 aromatic heterocycles. The zero-order chi connectivity index (χ0) is 43.3. The molecule has 4 aliphatic rings. The maximum atomic E-state index is 11.6. The number of aliphatic hydroxyl groups excluding tert-OH is 3. The Kier molecular flexibility index (Phi) is 18.4. The van der Waals surface area contributed by atoms with Crippen LogP contribution in [0, 0.1) is 17.8 Å². The Labute approximate surface area is 353 Å². The minimum atomic E-state index is -1.34. The number of rotatable bonds is 16. The molecule has 0 aliphatic carbocycles. The highest BCUT2D eigenvalue weighted by atomic mass is 16.6. The van der Waals surface area contributed by atoms with Gasteiger partial charge in [-0.05, 0) is 72.9 Å². The zero-order valence-electron chi connectivity index (χ0n) is 36.0. The van der Waals surface area contributed by atoms with E-state index >= 15 is 0 Å². The molecule has 6 rings (SSSR count). The minimum Gasteiger partial charge on any atom is -0.497 e. The lowest BCUT2D eigenvalue weighted by atomic mass is 9.75. The number of hydrogen-bond acceptors (Lipinski definition) is 15. The summed E-state index contributed by atoms with van der Waals surface area (Å²) in [6.45, 7) is 8.11. The van der Waals surface area contributed by atoms with Gasteiger partial charge in [0.05, 0.1) is 104 Å². The lowest BCUT2D eigenvalue weighted by molar-refractivity contribution is -0.280. The summed E-state index contributed by atoms with van der Waals surface area (Å²) in [4.78, 5) is 23.1. The van der Waals surface area contributed by atoms with E-state index in [1.807, 2.05) is 48.5 Å². The first kappa shape index (κ1) is 47.7. The van der Waals surface area contributed by atoms with E-state index < -0.39 is 48.7 Å². The SMILES string of the molecule is COC(=O)C[C@H]1CC[C@@H]2O[C@@H]([C@@H](C)COCc3ccc(OC)cc3)[C@@H](C)[C@@H](C)[C@H]2O1.COC(=O)C[C@H]1CC[C@@H]2O[C@@H]([C@@H](O)COCc3ccc(OC)cc3)[C@@H](O)[C@@H](O)[C@H]2O1. The van der Waals surface area contributed by atoms with Crippen molar-refractivity contribution in [3.8, 4) is 11.5 Å². The van der Waals surface area contributed by atoms with E-state index in [9.17, 15) is 24.9 Å². The number of hydrogen-bond donors (Lipinski definition) is 3. The third-order valence-corrected chi connectivity index (χ3v) is 12.2. The average Bonchev–Trinajstić information content (AvgIpc) is 3.26. The van der Waals surface area contributed by atoms with Crippen LogP contribution < -0.4 is 9.47 Å². The molecule has 336 valence electrons. The summed E-state index contributed by atoms with van der Waals surface area (Å²) in [6.07, 6.45) is -2.97. The Morgan fingerprint density at radius 3 is 1.60 bits per heavy atom. The van der Waals surface area contributed by atoms with E-state index in [0.717, 1.165) is 35.5 Å². The van der Waals surface area contributed by atoms with Crippen LogP contribution >= 0.6 is 0 Å². The van der Waals surface area contributed by atoms with Crippen LogP contribution in [0.1, 0.15) is 70.4 Å². The van der Waals surface area contributed by atoms with Crippen LogP contribution in [0.4, 0.5) is 0 Å². The van der Waals surface area contributed by atoms with Crippen LogP contribution in [0.25, 0.3) is 0 Å². The number of esters is 2. The molecule has 60 heavy (non-hydrogen) atoms. The molecule has 0 bridgehead atoms. The molecule has 0 amide bonds. The van der Waals surface area contributed by atoms with Crippen molar-refractivity contribution in [3.05, 3.63) is 59.7 Å². The number of benzene rings is 2. The summed E-state index contributed by atoms with van der Waals surface area (Å²) in [7, 11) is 5.98. The Morgan fingerprint density at radius 1 is 0.633 bits per heavy atom. The highest BCUT2D eigenvalue weighted by Gasteiger charge is 2.50. The van der Waals surface area contributed by atoms with Gasteiger partial charge < -0.3 is 62.7 Å².